The van der Waals surface area contributed by atoms with E-state index in [-0.39, 0.29) is 0 Å². The molecule has 0 aliphatic carbocycles. The molecule has 1 aromatic heterocycles. The topological polar surface area (TPSA) is 53.4 Å². The molecule has 4 nitrogen and oxygen atoms in total. The first-order valence-electron chi connectivity index (χ1n) is 6.35. The summed E-state index contributed by atoms with van der Waals surface area (Å²) in [7, 11) is 0. The van der Waals surface area contributed by atoms with Gasteiger partial charge in [0.25, 0.3) is 0 Å². The largest absolute Gasteiger partial charge is 0.464 e. The number of amides is 1. The summed E-state index contributed by atoms with van der Waals surface area (Å²) in [6.45, 7) is 0. The Labute approximate surface area is 125 Å². The monoisotopic (exact) mass is 296 g/mol. The molecule has 0 atom stereocenters. The summed E-state index contributed by atoms with van der Waals surface area (Å²) >= 11 is 1.31. The molecule has 0 saturated carbocycles. The molecule has 104 valence electrons. The number of carbonyl (C=O) groups is 1. The van der Waals surface area contributed by atoms with E-state index in [2.05, 4.69) is 4.98 Å². The Morgan fingerprint density at radius 1 is 1.00 bits per heavy atom. The van der Waals surface area contributed by atoms with Gasteiger partial charge in [-0.05, 0) is 12.1 Å². The molecular formula is C16H12N2O2S. The summed E-state index contributed by atoms with van der Waals surface area (Å²) in [5.74, 6) is 0. The number of hydrogen-bond acceptors (Lipinski definition) is 3. The Hall–Kier alpha value is -2.66. The Balaban J connectivity index is 1.99. The maximum Gasteiger partial charge on any atom is 0.418 e. The lowest BCUT2D eigenvalue weighted by Gasteiger charge is -2.15. The molecule has 2 aromatic carbocycles. The number of benzene rings is 2. The fourth-order valence-electron chi connectivity index (χ4n) is 1.99. The lowest BCUT2D eigenvalue weighted by molar-refractivity contribution is 0.205. The van der Waals surface area contributed by atoms with Gasteiger partial charge in [-0.15, -0.1) is 11.3 Å². The van der Waals surface area contributed by atoms with E-state index >= 15 is 0 Å². The van der Waals surface area contributed by atoms with Crippen LogP contribution in [0.4, 0.5) is 15.6 Å². The van der Waals surface area contributed by atoms with Gasteiger partial charge in [-0.1, -0.05) is 48.5 Å². The number of para-hydroxylation sites is 1. The van der Waals surface area contributed by atoms with Crippen LogP contribution in [0.2, 0.25) is 0 Å². The minimum absolute atomic E-state index is 0.438. The Morgan fingerprint density at radius 3 is 2.24 bits per heavy atom. The molecule has 0 spiro atoms. The Bertz CT molecular complexity index is 741. The van der Waals surface area contributed by atoms with Crippen LogP contribution in [0.25, 0.3) is 11.3 Å². The van der Waals surface area contributed by atoms with E-state index in [1.165, 1.54) is 16.2 Å². The van der Waals surface area contributed by atoms with Gasteiger partial charge in [0.05, 0.1) is 11.4 Å². The van der Waals surface area contributed by atoms with Gasteiger partial charge in [0.2, 0.25) is 0 Å². The van der Waals surface area contributed by atoms with Crippen LogP contribution >= 0.6 is 11.3 Å². The standard InChI is InChI=1S/C16H12N2O2S/c19-16(20)18(13-9-5-2-6-10-13)15-17-14(11-21-15)12-7-3-1-4-8-12/h1-11H,(H,19,20). The summed E-state index contributed by atoms with van der Waals surface area (Å²) in [4.78, 5) is 17.2. The summed E-state index contributed by atoms with van der Waals surface area (Å²) in [6.07, 6.45) is -1.05. The number of aromatic nitrogens is 1. The minimum atomic E-state index is -1.05. The highest BCUT2D eigenvalue weighted by Gasteiger charge is 2.20. The van der Waals surface area contributed by atoms with Gasteiger partial charge >= 0.3 is 6.09 Å². The smallest absolute Gasteiger partial charge is 0.418 e. The maximum absolute atomic E-state index is 11.5. The molecule has 0 aliphatic rings. The Kier molecular flexibility index (Phi) is 3.66. The number of nitrogens with zero attached hydrogens (tertiary/aromatic N) is 2. The number of hydrogen-bond donors (Lipinski definition) is 1. The molecule has 0 fully saturated rings. The van der Waals surface area contributed by atoms with Crippen LogP contribution < -0.4 is 4.90 Å². The molecular weight excluding hydrogens is 284 g/mol. The van der Waals surface area contributed by atoms with Crippen LogP contribution in [-0.4, -0.2) is 16.2 Å². The van der Waals surface area contributed by atoms with Crippen LogP contribution in [0.5, 0.6) is 0 Å². The van der Waals surface area contributed by atoms with Gasteiger partial charge in [0.15, 0.2) is 5.13 Å². The van der Waals surface area contributed by atoms with Crippen LogP contribution in [-0.2, 0) is 0 Å². The molecule has 3 rings (SSSR count). The van der Waals surface area contributed by atoms with Crippen molar-refractivity contribution in [3.05, 3.63) is 66.0 Å². The highest BCUT2D eigenvalue weighted by molar-refractivity contribution is 7.14. The van der Waals surface area contributed by atoms with Gasteiger partial charge in [0.1, 0.15) is 0 Å². The van der Waals surface area contributed by atoms with Crippen LogP contribution in [0.3, 0.4) is 0 Å². The van der Waals surface area contributed by atoms with Crippen molar-refractivity contribution in [3.63, 3.8) is 0 Å². The molecule has 1 N–H and O–H groups in total. The zero-order valence-corrected chi connectivity index (χ0v) is 11.8. The maximum atomic E-state index is 11.5. The first kappa shape index (κ1) is 13.3. The molecule has 0 aliphatic heterocycles. The highest BCUT2D eigenvalue weighted by Crippen LogP contribution is 2.31. The van der Waals surface area contributed by atoms with Crippen molar-refractivity contribution in [2.45, 2.75) is 0 Å². The third kappa shape index (κ3) is 2.78. The fourth-order valence-corrected chi connectivity index (χ4v) is 2.83. The van der Waals surface area contributed by atoms with Gasteiger partial charge in [0, 0.05) is 10.9 Å². The lowest BCUT2D eigenvalue weighted by Crippen LogP contribution is -2.23. The second-order valence-corrected chi connectivity index (χ2v) is 5.17. The highest BCUT2D eigenvalue weighted by atomic mass is 32.1. The zero-order chi connectivity index (χ0) is 14.7. The van der Waals surface area contributed by atoms with E-state index in [0.29, 0.717) is 10.8 Å². The van der Waals surface area contributed by atoms with Crippen molar-refractivity contribution in [2.24, 2.45) is 0 Å². The molecule has 0 radical (unpaired) electrons. The van der Waals surface area contributed by atoms with Crippen LogP contribution in [0.1, 0.15) is 0 Å². The molecule has 21 heavy (non-hydrogen) atoms. The molecule has 5 heteroatoms. The van der Waals surface area contributed by atoms with E-state index in [9.17, 15) is 9.90 Å². The second kappa shape index (κ2) is 5.76. The third-order valence-electron chi connectivity index (χ3n) is 2.96. The lowest BCUT2D eigenvalue weighted by atomic mass is 10.2. The van der Waals surface area contributed by atoms with E-state index in [1.54, 1.807) is 24.3 Å². The average Bonchev–Trinajstić information content (AvgIpc) is 2.98. The van der Waals surface area contributed by atoms with Gasteiger partial charge in [-0.25, -0.2) is 14.7 Å². The number of thiazole rings is 1. The summed E-state index contributed by atoms with van der Waals surface area (Å²) in [5, 5.41) is 11.8. The van der Waals surface area contributed by atoms with Crippen LogP contribution in [0, 0.1) is 0 Å². The van der Waals surface area contributed by atoms with Gasteiger partial charge in [-0.3, -0.25) is 0 Å². The number of rotatable bonds is 3. The summed E-state index contributed by atoms with van der Waals surface area (Å²) in [6, 6.07) is 18.6. The SMILES string of the molecule is O=C(O)N(c1ccccc1)c1nc(-c2ccccc2)cs1. The minimum Gasteiger partial charge on any atom is -0.464 e. The predicted octanol–water partition coefficient (Wildman–Crippen LogP) is 4.63. The average molecular weight is 296 g/mol. The molecule has 0 saturated heterocycles. The third-order valence-corrected chi connectivity index (χ3v) is 3.78. The van der Waals surface area contributed by atoms with E-state index in [4.69, 9.17) is 0 Å². The van der Waals surface area contributed by atoms with Crippen molar-refractivity contribution >= 4 is 28.2 Å². The number of carboxylic acid groups (broad SMARTS) is 1. The first-order chi connectivity index (χ1) is 10.3. The van der Waals surface area contributed by atoms with Crippen molar-refractivity contribution in [2.75, 3.05) is 4.90 Å². The zero-order valence-electron chi connectivity index (χ0n) is 11.0. The normalized spacial score (nSPS) is 10.3. The summed E-state index contributed by atoms with van der Waals surface area (Å²) in [5.41, 5.74) is 2.33. The fraction of sp³-hybridized carbons (Fsp3) is 0. The van der Waals surface area contributed by atoms with Crippen molar-refractivity contribution in [1.82, 2.24) is 4.98 Å². The molecule has 1 heterocycles. The summed E-state index contributed by atoms with van der Waals surface area (Å²) < 4.78 is 0. The van der Waals surface area contributed by atoms with Crippen molar-refractivity contribution in [3.8, 4) is 11.3 Å². The van der Waals surface area contributed by atoms with Crippen molar-refractivity contribution < 1.29 is 9.90 Å². The van der Waals surface area contributed by atoms with Gasteiger partial charge < -0.3 is 5.11 Å². The quantitative estimate of drug-likeness (QED) is 0.767. The molecule has 0 unspecified atom stereocenters. The molecule has 3 aromatic rings. The Morgan fingerprint density at radius 2 is 1.62 bits per heavy atom. The van der Waals surface area contributed by atoms with E-state index in [0.717, 1.165) is 11.3 Å². The molecule has 0 bridgehead atoms. The second-order valence-electron chi connectivity index (χ2n) is 4.33. The van der Waals surface area contributed by atoms with Gasteiger partial charge in [-0.2, -0.15) is 0 Å². The van der Waals surface area contributed by atoms with Crippen LogP contribution in [0.15, 0.2) is 66.0 Å². The molecule has 1 amide bonds. The van der Waals surface area contributed by atoms with E-state index in [1.807, 2.05) is 41.8 Å². The number of anilines is 2. The first-order valence-corrected chi connectivity index (χ1v) is 7.23. The van der Waals surface area contributed by atoms with Crippen molar-refractivity contribution in [1.29, 1.82) is 0 Å². The predicted molar refractivity (Wildman–Crippen MR) is 84.2 cm³/mol. The van der Waals surface area contributed by atoms with E-state index < -0.39 is 6.09 Å².